The number of para-hydroxylation sites is 1. The number of nitrogens with two attached hydrogens (primary N) is 1. The van der Waals surface area contributed by atoms with Gasteiger partial charge in [0.05, 0.1) is 5.69 Å². The SMILES string of the molecule is Cc1[nH]c2ccccc2c(=O)c1CCC(C)NCCCc1csc(N)n1. The lowest BCUT2D eigenvalue weighted by atomic mass is 10.0. The number of H-pyrrole nitrogens is 1. The molecule has 0 aliphatic carbocycles. The van der Waals surface area contributed by atoms with Crippen molar-refractivity contribution in [2.45, 2.75) is 45.6 Å². The summed E-state index contributed by atoms with van der Waals surface area (Å²) >= 11 is 1.49. The molecule has 138 valence electrons. The van der Waals surface area contributed by atoms with Crippen LogP contribution in [0.3, 0.4) is 0 Å². The van der Waals surface area contributed by atoms with Crippen LogP contribution in [0.2, 0.25) is 0 Å². The number of pyridine rings is 1. The van der Waals surface area contributed by atoms with Crippen LogP contribution in [0, 0.1) is 6.92 Å². The first kappa shape index (κ1) is 18.6. The van der Waals surface area contributed by atoms with Crippen molar-refractivity contribution in [2.75, 3.05) is 12.3 Å². The minimum absolute atomic E-state index is 0.158. The van der Waals surface area contributed by atoms with Gasteiger partial charge in [-0.3, -0.25) is 4.79 Å². The fourth-order valence-electron chi connectivity index (χ4n) is 3.22. The topological polar surface area (TPSA) is 83.8 Å². The van der Waals surface area contributed by atoms with E-state index in [4.69, 9.17) is 5.73 Å². The van der Waals surface area contributed by atoms with Crippen LogP contribution in [0.5, 0.6) is 0 Å². The van der Waals surface area contributed by atoms with Crippen molar-refractivity contribution < 1.29 is 0 Å². The van der Waals surface area contributed by atoms with Gasteiger partial charge in [-0.2, -0.15) is 0 Å². The molecule has 0 aliphatic heterocycles. The molecule has 0 radical (unpaired) electrons. The maximum atomic E-state index is 12.7. The highest BCUT2D eigenvalue weighted by atomic mass is 32.1. The molecule has 3 rings (SSSR count). The quantitative estimate of drug-likeness (QED) is 0.531. The van der Waals surface area contributed by atoms with E-state index in [1.165, 1.54) is 11.3 Å². The molecular weight excluding hydrogens is 344 g/mol. The van der Waals surface area contributed by atoms with Crippen molar-refractivity contribution in [2.24, 2.45) is 0 Å². The Hall–Kier alpha value is -2.18. The summed E-state index contributed by atoms with van der Waals surface area (Å²) in [5, 5.41) is 6.97. The summed E-state index contributed by atoms with van der Waals surface area (Å²) in [6, 6.07) is 8.07. The second kappa shape index (κ2) is 8.47. The maximum absolute atomic E-state index is 12.7. The van der Waals surface area contributed by atoms with Gasteiger partial charge in [0.1, 0.15) is 0 Å². The van der Waals surface area contributed by atoms with E-state index < -0.39 is 0 Å². The fraction of sp³-hybridized carbons (Fsp3) is 0.400. The maximum Gasteiger partial charge on any atom is 0.192 e. The Kier molecular flexibility index (Phi) is 6.06. The third kappa shape index (κ3) is 4.51. The zero-order chi connectivity index (χ0) is 18.5. The average molecular weight is 371 g/mol. The predicted octanol–water partition coefficient (Wildman–Crippen LogP) is 3.42. The lowest BCUT2D eigenvalue weighted by molar-refractivity contribution is 0.505. The van der Waals surface area contributed by atoms with E-state index in [0.29, 0.717) is 11.2 Å². The predicted molar refractivity (Wildman–Crippen MR) is 110 cm³/mol. The van der Waals surface area contributed by atoms with Crippen LogP contribution in [-0.2, 0) is 12.8 Å². The number of thiazole rings is 1. The highest BCUT2D eigenvalue weighted by molar-refractivity contribution is 7.13. The van der Waals surface area contributed by atoms with Crippen molar-refractivity contribution in [1.29, 1.82) is 0 Å². The van der Waals surface area contributed by atoms with Crippen LogP contribution in [-0.4, -0.2) is 22.6 Å². The molecule has 3 aromatic rings. The van der Waals surface area contributed by atoms with E-state index in [1.54, 1.807) is 0 Å². The number of rotatable bonds is 8. The highest BCUT2D eigenvalue weighted by Crippen LogP contribution is 2.14. The Bertz CT molecular complexity index is 931. The molecule has 0 saturated carbocycles. The molecule has 2 heterocycles. The van der Waals surface area contributed by atoms with E-state index in [9.17, 15) is 4.79 Å². The molecule has 0 bridgehead atoms. The minimum atomic E-state index is 0.158. The number of benzene rings is 1. The Labute approximate surface area is 157 Å². The van der Waals surface area contributed by atoms with E-state index >= 15 is 0 Å². The number of nitrogen functional groups attached to an aromatic ring is 1. The summed E-state index contributed by atoms with van der Waals surface area (Å²) in [7, 11) is 0. The summed E-state index contributed by atoms with van der Waals surface area (Å²) in [5.74, 6) is 0. The molecule has 26 heavy (non-hydrogen) atoms. The zero-order valence-electron chi connectivity index (χ0n) is 15.3. The lowest BCUT2D eigenvalue weighted by Crippen LogP contribution is -2.28. The molecule has 0 spiro atoms. The summed E-state index contributed by atoms with van der Waals surface area (Å²) in [5.41, 5.74) is 9.66. The molecule has 4 N–H and O–H groups in total. The van der Waals surface area contributed by atoms with Crippen LogP contribution in [0.4, 0.5) is 5.13 Å². The standard InChI is InChI=1S/C20H26N4OS/c1-13(22-11-5-6-15-12-26-20(21)24-15)9-10-16-14(2)23-18-8-4-3-7-17(18)19(16)25/h3-4,7-8,12-13,22H,5-6,9-11H2,1-2H3,(H2,21,24)(H,23,25). The van der Waals surface area contributed by atoms with Crippen LogP contribution in [0.15, 0.2) is 34.4 Å². The van der Waals surface area contributed by atoms with Gasteiger partial charge in [-0.1, -0.05) is 12.1 Å². The molecule has 6 heteroatoms. The summed E-state index contributed by atoms with van der Waals surface area (Å²) < 4.78 is 0. The summed E-state index contributed by atoms with van der Waals surface area (Å²) in [6.45, 7) is 5.10. The molecule has 0 amide bonds. The Morgan fingerprint density at radius 2 is 2.12 bits per heavy atom. The number of aromatic amines is 1. The van der Waals surface area contributed by atoms with Crippen LogP contribution < -0.4 is 16.5 Å². The molecule has 2 aromatic heterocycles. The number of hydrogen-bond acceptors (Lipinski definition) is 5. The van der Waals surface area contributed by atoms with Crippen LogP contribution in [0.1, 0.15) is 36.7 Å². The van der Waals surface area contributed by atoms with Gasteiger partial charge >= 0.3 is 0 Å². The Morgan fingerprint density at radius 3 is 2.88 bits per heavy atom. The molecule has 0 saturated heterocycles. The van der Waals surface area contributed by atoms with Gasteiger partial charge in [-0.25, -0.2) is 4.98 Å². The van der Waals surface area contributed by atoms with Crippen molar-refractivity contribution in [3.8, 4) is 0 Å². The number of nitrogens with one attached hydrogen (secondary N) is 2. The Balaban J connectivity index is 1.50. The van der Waals surface area contributed by atoms with Crippen LogP contribution in [0.25, 0.3) is 10.9 Å². The highest BCUT2D eigenvalue weighted by Gasteiger charge is 2.11. The number of fused-ring (bicyclic) bond motifs is 1. The van der Waals surface area contributed by atoms with E-state index in [2.05, 4.69) is 22.2 Å². The van der Waals surface area contributed by atoms with Crippen molar-refractivity contribution >= 4 is 27.4 Å². The number of aryl methyl sites for hydroxylation is 2. The number of anilines is 1. The normalized spacial score (nSPS) is 12.5. The molecule has 1 unspecified atom stereocenters. The van der Waals surface area contributed by atoms with Gasteiger partial charge in [0, 0.05) is 33.6 Å². The molecule has 1 aromatic carbocycles. The van der Waals surface area contributed by atoms with E-state index in [1.807, 2.05) is 36.6 Å². The van der Waals surface area contributed by atoms with Gasteiger partial charge in [0.25, 0.3) is 0 Å². The van der Waals surface area contributed by atoms with Crippen LogP contribution >= 0.6 is 11.3 Å². The summed E-state index contributed by atoms with van der Waals surface area (Å²) in [6.07, 6.45) is 3.69. The number of hydrogen-bond donors (Lipinski definition) is 3. The van der Waals surface area contributed by atoms with E-state index in [0.717, 1.165) is 60.1 Å². The lowest BCUT2D eigenvalue weighted by Gasteiger charge is -2.14. The number of nitrogens with zero attached hydrogens (tertiary/aromatic N) is 1. The summed E-state index contributed by atoms with van der Waals surface area (Å²) in [4.78, 5) is 20.4. The van der Waals surface area contributed by atoms with Crippen molar-refractivity contribution in [3.63, 3.8) is 0 Å². The zero-order valence-corrected chi connectivity index (χ0v) is 16.2. The monoisotopic (exact) mass is 370 g/mol. The average Bonchev–Trinajstić information content (AvgIpc) is 3.04. The van der Waals surface area contributed by atoms with Crippen molar-refractivity contribution in [3.05, 3.63) is 56.8 Å². The first-order chi connectivity index (χ1) is 12.5. The Morgan fingerprint density at radius 1 is 1.31 bits per heavy atom. The van der Waals surface area contributed by atoms with Gasteiger partial charge in [-0.15, -0.1) is 11.3 Å². The molecule has 0 fully saturated rings. The third-order valence-electron chi connectivity index (χ3n) is 4.72. The number of aromatic nitrogens is 2. The second-order valence-electron chi connectivity index (χ2n) is 6.78. The molecule has 0 aliphatic rings. The van der Waals surface area contributed by atoms with Gasteiger partial charge in [0.2, 0.25) is 0 Å². The van der Waals surface area contributed by atoms with Gasteiger partial charge in [0.15, 0.2) is 10.6 Å². The van der Waals surface area contributed by atoms with E-state index in [-0.39, 0.29) is 5.43 Å². The third-order valence-corrected chi connectivity index (χ3v) is 5.44. The molecule has 5 nitrogen and oxygen atoms in total. The van der Waals surface area contributed by atoms with Gasteiger partial charge < -0.3 is 16.0 Å². The smallest absolute Gasteiger partial charge is 0.192 e. The molecular formula is C20H26N4OS. The van der Waals surface area contributed by atoms with Crippen molar-refractivity contribution in [1.82, 2.24) is 15.3 Å². The molecule has 1 atom stereocenters. The largest absolute Gasteiger partial charge is 0.375 e. The minimum Gasteiger partial charge on any atom is -0.375 e. The van der Waals surface area contributed by atoms with Gasteiger partial charge in [-0.05, 0) is 58.2 Å². The first-order valence-electron chi connectivity index (χ1n) is 9.08. The fourth-order valence-corrected chi connectivity index (χ4v) is 3.82. The second-order valence-corrected chi connectivity index (χ2v) is 7.67. The first-order valence-corrected chi connectivity index (χ1v) is 9.96.